The number of hydrogen-bond acceptors (Lipinski definition) is 2. The fraction of sp³-hybridized carbons (Fsp3) is 0.111. The fourth-order valence-corrected chi connectivity index (χ4v) is 2.37. The number of aliphatic hydroxyl groups excluding tert-OH is 1. The Labute approximate surface area is 122 Å². The van der Waals surface area contributed by atoms with Crippen LogP contribution in [0.3, 0.4) is 0 Å². The SMILES string of the molecule is OCc1cc(F)cc(OCc2cccc3ccccc23)c1. The van der Waals surface area contributed by atoms with E-state index in [1.54, 1.807) is 6.07 Å². The molecule has 0 spiro atoms. The van der Waals surface area contributed by atoms with E-state index in [1.165, 1.54) is 12.1 Å². The van der Waals surface area contributed by atoms with E-state index in [0.717, 1.165) is 16.3 Å². The molecule has 21 heavy (non-hydrogen) atoms. The van der Waals surface area contributed by atoms with Gasteiger partial charge in [0.05, 0.1) is 6.61 Å². The highest BCUT2D eigenvalue weighted by molar-refractivity contribution is 5.85. The van der Waals surface area contributed by atoms with E-state index in [9.17, 15) is 4.39 Å². The highest BCUT2D eigenvalue weighted by Gasteiger charge is 2.04. The standard InChI is InChI=1S/C18H15FO2/c19-16-8-13(11-20)9-17(10-16)21-12-15-6-3-5-14-4-1-2-7-18(14)15/h1-10,20H,11-12H2. The number of benzene rings is 3. The van der Waals surface area contributed by atoms with Crippen LogP contribution < -0.4 is 4.74 Å². The lowest BCUT2D eigenvalue weighted by Crippen LogP contribution is -1.98. The summed E-state index contributed by atoms with van der Waals surface area (Å²) in [5.41, 5.74) is 1.55. The van der Waals surface area contributed by atoms with E-state index < -0.39 is 5.82 Å². The zero-order chi connectivity index (χ0) is 14.7. The summed E-state index contributed by atoms with van der Waals surface area (Å²) in [5, 5.41) is 11.4. The van der Waals surface area contributed by atoms with Crippen LogP contribution in [0.25, 0.3) is 10.8 Å². The van der Waals surface area contributed by atoms with Gasteiger partial charge in [-0.1, -0.05) is 42.5 Å². The van der Waals surface area contributed by atoms with Gasteiger partial charge in [0.2, 0.25) is 0 Å². The summed E-state index contributed by atoms with van der Waals surface area (Å²) >= 11 is 0. The second-order valence-electron chi connectivity index (χ2n) is 4.88. The quantitative estimate of drug-likeness (QED) is 0.782. The van der Waals surface area contributed by atoms with E-state index >= 15 is 0 Å². The molecule has 0 bridgehead atoms. The molecule has 0 aromatic heterocycles. The molecule has 1 N–H and O–H groups in total. The van der Waals surface area contributed by atoms with Crippen LogP contribution in [0.4, 0.5) is 4.39 Å². The van der Waals surface area contributed by atoms with Gasteiger partial charge in [0.25, 0.3) is 0 Å². The molecule has 0 fully saturated rings. The maximum absolute atomic E-state index is 13.4. The third kappa shape index (κ3) is 3.03. The highest BCUT2D eigenvalue weighted by Crippen LogP contribution is 2.22. The summed E-state index contributed by atoms with van der Waals surface area (Å²) < 4.78 is 19.1. The number of ether oxygens (including phenoxy) is 1. The Morgan fingerprint density at radius 1 is 0.952 bits per heavy atom. The number of aliphatic hydroxyl groups is 1. The highest BCUT2D eigenvalue weighted by atomic mass is 19.1. The Kier molecular flexibility index (Phi) is 3.84. The van der Waals surface area contributed by atoms with Crippen molar-refractivity contribution in [2.75, 3.05) is 0 Å². The van der Waals surface area contributed by atoms with Crippen LogP contribution in [0.5, 0.6) is 5.75 Å². The first-order valence-corrected chi connectivity index (χ1v) is 6.76. The zero-order valence-corrected chi connectivity index (χ0v) is 11.4. The van der Waals surface area contributed by atoms with E-state index in [4.69, 9.17) is 9.84 Å². The Hall–Kier alpha value is -2.39. The first kappa shape index (κ1) is 13.6. The van der Waals surface area contributed by atoms with Gasteiger partial charge in [-0.15, -0.1) is 0 Å². The molecule has 3 heteroatoms. The van der Waals surface area contributed by atoms with E-state index in [-0.39, 0.29) is 6.61 Å². The minimum atomic E-state index is -0.408. The van der Waals surface area contributed by atoms with Crippen LogP contribution in [0.15, 0.2) is 60.7 Å². The van der Waals surface area contributed by atoms with Crippen LogP contribution in [-0.2, 0) is 13.2 Å². The Morgan fingerprint density at radius 2 is 1.76 bits per heavy atom. The number of rotatable bonds is 4. The fourth-order valence-electron chi connectivity index (χ4n) is 2.37. The van der Waals surface area contributed by atoms with Crippen molar-refractivity contribution >= 4 is 10.8 Å². The lowest BCUT2D eigenvalue weighted by atomic mass is 10.1. The predicted molar refractivity (Wildman–Crippen MR) is 80.6 cm³/mol. The monoisotopic (exact) mass is 282 g/mol. The van der Waals surface area contributed by atoms with Crippen LogP contribution in [-0.4, -0.2) is 5.11 Å². The maximum atomic E-state index is 13.4. The van der Waals surface area contributed by atoms with Crippen molar-refractivity contribution in [3.63, 3.8) is 0 Å². The van der Waals surface area contributed by atoms with Crippen molar-refractivity contribution in [2.45, 2.75) is 13.2 Å². The zero-order valence-electron chi connectivity index (χ0n) is 11.4. The van der Waals surface area contributed by atoms with Crippen molar-refractivity contribution in [2.24, 2.45) is 0 Å². The molecule has 106 valence electrons. The summed E-state index contributed by atoms with van der Waals surface area (Å²) in [5.74, 6) is 0.0152. The van der Waals surface area contributed by atoms with E-state index in [0.29, 0.717) is 17.9 Å². The summed E-state index contributed by atoms with van der Waals surface area (Å²) in [4.78, 5) is 0. The van der Waals surface area contributed by atoms with Crippen molar-refractivity contribution < 1.29 is 14.2 Å². The van der Waals surface area contributed by atoms with Gasteiger partial charge in [-0.05, 0) is 34.0 Å². The van der Waals surface area contributed by atoms with Crippen LogP contribution >= 0.6 is 0 Å². The average Bonchev–Trinajstić information content (AvgIpc) is 2.52. The number of fused-ring (bicyclic) bond motifs is 1. The first-order valence-electron chi connectivity index (χ1n) is 6.76. The summed E-state index contributed by atoms with van der Waals surface area (Å²) in [6, 6.07) is 18.4. The average molecular weight is 282 g/mol. The summed E-state index contributed by atoms with van der Waals surface area (Å²) in [6.07, 6.45) is 0. The van der Waals surface area contributed by atoms with Crippen LogP contribution in [0.1, 0.15) is 11.1 Å². The van der Waals surface area contributed by atoms with Crippen molar-refractivity contribution in [1.82, 2.24) is 0 Å². The molecule has 0 atom stereocenters. The number of hydrogen-bond donors (Lipinski definition) is 1. The van der Waals surface area contributed by atoms with Crippen LogP contribution in [0.2, 0.25) is 0 Å². The van der Waals surface area contributed by atoms with Gasteiger partial charge in [0.1, 0.15) is 18.2 Å². The van der Waals surface area contributed by atoms with Gasteiger partial charge >= 0.3 is 0 Å². The number of halogens is 1. The molecule has 0 aliphatic rings. The van der Waals surface area contributed by atoms with Gasteiger partial charge < -0.3 is 9.84 Å². The molecule has 0 aliphatic heterocycles. The molecule has 0 saturated carbocycles. The predicted octanol–water partition coefficient (Wildman–Crippen LogP) is 4.05. The van der Waals surface area contributed by atoms with Gasteiger partial charge in [-0.2, -0.15) is 0 Å². The Morgan fingerprint density at radius 3 is 2.62 bits per heavy atom. The molecule has 0 radical (unpaired) electrons. The summed E-state index contributed by atoms with van der Waals surface area (Å²) in [7, 11) is 0. The molecule has 2 nitrogen and oxygen atoms in total. The third-order valence-electron chi connectivity index (χ3n) is 3.39. The molecule has 0 saturated heterocycles. The maximum Gasteiger partial charge on any atom is 0.127 e. The van der Waals surface area contributed by atoms with E-state index in [2.05, 4.69) is 0 Å². The normalized spacial score (nSPS) is 10.8. The van der Waals surface area contributed by atoms with Gasteiger partial charge in [0, 0.05) is 6.07 Å². The first-order chi connectivity index (χ1) is 10.3. The van der Waals surface area contributed by atoms with Gasteiger partial charge in [-0.3, -0.25) is 0 Å². The Balaban J connectivity index is 1.85. The van der Waals surface area contributed by atoms with Gasteiger partial charge in [-0.25, -0.2) is 4.39 Å². The minimum Gasteiger partial charge on any atom is -0.489 e. The summed E-state index contributed by atoms with van der Waals surface area (Å²) in [6.45, 7) is 0.151. The second kappa shape index (κ2) is 5.94. The molecule has 3 aromatic rings. The molecular formula is C18H15FO2. The topological polar surface area (TPSA) is 29.5 Å². The van der Waals surface area contributed by atoms with Crippen molar-refractivity contribution in [3.05, 3.63) is 77.6 Å². The molecular weight excluding hydrogens is 267 g/mol. The molecule has 0 heterocycles. The van der Waals surface area contributed by atoms with Crippen LogP contribution in [0, 0.1) is 5.82 Å². The lowest BCUT2D eigenvalue weighted by Gasteiger charge is -2.10. The molecule has 3 rings (SSSR count). The van der Waals surface area contributed by atoms with Gasteiger partial charge in [0.15, 0.2) is 0 Å². The second-order valence-corrected chi connectivity index (χ2v) is 4.88. The molecule has 0 aliphatic carbocycles. The molecule has 0 unspecified atom stereocenters. The van der Waals surface area contributed by atoms with Crippen molar-refractivity contribution in [3.8, 4) is 5.75 Å². The smallest absolute Gasteiger partial charge is 0.127 e. The molecule has 3 aromatic carbocycles. The minimum absolute atomic E-state index is 0.206. The lowest BCUT2D eigenvalue weighted by molar-refractivity contribution is 0.277. The largest absolute Gasteiger partial charge is 0.489 e. The Bertz CT molecular complexity index is 763. The van der Waals surface area contributed by atoms with Crippen molar-refractivity contribution in [1.29, 1.82) is 0 Å². The van der Waals surface area contributed by atoms with E-state index in [1.807, 2.05) is 42.5 Å². The third-order valence-corrected chi connectivity index (χ3v) is 3.39. The molecule has 0 amide bonds.